The van der Waals surface area contributed by atoms with Crippen molar-refractivity contribution in [2.45, 2.75) is 19.8 Å². The van der Waals surface area contributed by atoms with Gasteiger partial charge in [-0.2, -0.15) is 0 Å². The molecule has 0 radical (unpaired) electrons. The van der Waals surface area contributed by atoms with Crippen LogP contribution in [0.1, 0.15) is 46.0 Å². The number of carbonyl (C=O) groups excluding carboxylic acids is 2. The summed E-state index contributed by atoms with van der Waals surface area (Å²) in [5, 5.41) is 0. The lowest BCUT2D eigenvalue weighted by atomic mass is 10.1. The van der Waals surface area contributed by atoms with Crippen LogP contribution in [0, 0.1) is 0 Å². The van der Waals surface area contributed by atoms with Crippen LogP contribution in [0.15, 0.2) is 78.9 Å². The number of hydrogen-bond donors (Lipinski definition) is 0. The van der Waals surface area contributed by atoms with Gasteiger partial charge in [0.15, 0.2) is 5.78 Å². The number of unbranched alkanes of at least 4 members (excludes halogenated alkanes) is 1. The zero-order valence-corrected chi connectivity index (χ0v) is 18.2. The van der Waals surface area contributed by atoms with Gasteiger partial charge >= 0.3 is 5.97 Å². The van der Waals surface area contributed by atoms with Crippen LogP contribution < -0.4 is 14.2 Å². The molecule has 5 nitrogen and oxygen atoms in total. The number of rotatable bonds is 10. The van der Waals surface area contributed by atoms with E-state index in [2.05, 4.69) is 6.92 Å². The van der Waals surface area contributed by atoms with Crippen LogP contribution in [-0.4, -0.2) is 25.5 Å². The zero-order valence-electron chi connectivity index (χ0n) is 18.2. The first-order chi connectivity index (χ1) is 15.6. The van der Waals surface area contributed by atoms with Crippen LogP contribution in [0.3, 0.4) is 0 Å². The summed E-state index contributed by atoms with van der Waals surface area (Å²) in [7, 11) is 1.58. The molecule has 3 aromatic carbocycles. The molecule has 0 heterocycles. The molecule has 0 unspecified atom stereocenters. The Morgan fingerprint density at radius 3 is 2.00 bits per heavy atom. The van der Waals surface area contributed by atoms with E-state index in [1.54, 1.807) is 86.0 Å². The minimum absolute atomic E-state index is 0.106. The number of hydrogen-bond acceptors (Lipinski definition) is 5. The van der Waals surface area contributed by atoms with E-state index >= 15 is 0 Å². The van der Waals surface area contributed by atoms with Crippen molar-refractivity contribution in [1.82, 2.24) is 0 Å². The van der Waals surface area contributed by atoms with E-state index in [1.165, 1.54) is 6.08 Å². The molecule has 32 heavy (non-hydrogen) atoms. The van der Waals surface area contributed by atoms with Crippen molar-refractivity contribution < 1.29 is 23.8 Å². The van der Waals surface area contributed by atoms with Gasteiger partial charge in [0.05, 0.1) is 19.3 Å². The van der Waals surface area contributed by atoms with Crippen LogP contribution in [0.25, 0.3) is 6.08 Å². The maximum atomic E-state index is 12.4. The number of ether oxygens (including phenoxy) is 3. The van der Waals surface area contributed by atoms with E-state index in [1.807, 2.05) is 0 Å². The third kappa shape index (κ3) is 6.57. The van der Waals surface area contributed by atoms with E-state index < -0.39 is 5.97 Å². The van der Waals surface area contributed by atoms with Crippen molar-refractivity contribution in [3.63, 3.8) is 0 Å². The number of methoxy groups -OCH3 is 1. The molecule has 0 aliphatic heterocycles. The van der Waals surface area contributed by atoms with Gasteiger partial charge in [0, 0.05) is 5.56 Å². The van der Waals surface area contributed by atoms with Crippen LogP contribution in [0.5, 0.6) is 17.2 Å². The quantitative estimate of drug-likeness (QED) is 0.130. The number of esters is 1. The van der Waals surface area contributed by atoms with Crippen molar-refractivity contribution in [3.8, 4) is 17.2 Å². The summed E-state index contributed by atoms with van der Waals surface area (Å²) in [4.78, 5) is 24.6. The Kier molecular flexibility index (Phi) is 8.21. The van der Waals surface area contributed by atoms with Gasteiger partial charge in [-0.3, -0.25) is 4.79 Å². The molecule has 0 fully saturated rings. The standard InChI is InChI=1S/C27H26O5/c1-3-4-19-31-24-16-10-22(11-17-24)27(29)32-25-12-5-20(6-13-25)7-18-26(28)21-8-14-23(30-2)15-9-21/h5-18H,3-4,19H2,1-2H3/b18-7+. The molecule has 0 saturated carbocycles. The first-order valence-electron chi connectivity index (χ1n) is 10.5. The fourth-order valence-corrected chi connectivity index (χ4v) is 2.86. The molecule has 0 bridgehead atoms. The summed E-state index contributed by atoms with van der Waals surface area (Å²) in [6, 6.07) is 20.8. The van der Waals surface area contributed by atoms with Gasteiger partial charge in [0.1, 0.15) is 17.2 Å². The second-order valence-corrected chi connectivity index (χ2v) is 7.11. The third-order valence-electron chi connectivity index (χ3n) is 4.75. The van der Waals surface area contributed by atoms with Gasteiger partial charge in [0.2, 0.25) is 0 Å². The molecule has 0 aromatic heterocycles. The summed E-state index contributed by atoms with van der Waals surface area (Å²) in [6.07, 6.45) is 5.28. The van der Waals surface area contributed by atoms with E-state index in [9.17, 15) is 9.59 Å². The topological polar surface area (TPSA) is 61.8 Å². The molecular weight excluding hydrogens is 404 g/mol. The van der Waals surface area contributed by atoms with Crippen LogP contribution in [-0.2, 0) is 0 Å². The minimum Gasteiger partial charge on any atom is -0.497 e. The van der Waals surface area contributed by atoms with Crippen LogP contribution >= 0.6 is 0 Å². The average molecular weight is 431 g/mol. The SMILES string of the molecule is CCCCOc1ccc(C(=O)Oc2ccc(/C=C/C(=O)c3ccc(OC)cc3)cc2)cc1. The van der Waals surface area contributed by atoms with Crippen molar-refractivity contribution in [1.29, 1.82) is 0 Å². The third-order valence-corrected chi connectivity index (χ3v) is 4.75. The van der Waals surface area contributed by atoms with E-state index in [0.29, 0.717) is 29.2 Å². The molecule has 3 aromatic rings. The highest BCUT2D eigenvalue weighted by atomic mass is 16.5. The van der Waals surface area contributed by atoms with Crippen molar-refractivity contribution in [3.05, 3.63) is 95.6 Å². The van der Waals surface area contributed by atoms with Gasteiger partial charge in [-0.05, 0) is 78.7 Å². The molecule has 3 rings (SSSR count). The summed E-state index contributed by atoms with van der Waals surface area (Å²) >= 11 is 0. The van der Waals surface area contributed by atoms with Gasteiger partial charge in [-0.15, -0.1) is 0 Å². The molecule has 0 aliphatic rings. The largest absolute Gasteiger partial charge is 0.497 e. The average Bonchev–Trinajstić information content (AvgIpc) is 2.84. The summed E-state index contributed by atoms with van der Waals surface area (Å²) in [5.74, 6) is 1.31. The van der Waals surface area contributed by atoms with E-state index in [0.717, 1.165) is 24.2 Å². The fraction of sp³-hybridized carbons (Fsp3) is 0.185. The second-order valence-electron chi connectivity index (χ2n) is 7.11. The smallest absolute Gasteiger partial charge is 0.343 e. The molecule has 5 heteroatoms. The predicted molar refractivity (Wildman–Crippen MR) is 125 cm³/mol. The lowest BCUT2D eigenvalue weighted by molar-refractivity contribution is 0.0734. The van der Waals surface area contributed by atoms with Crippen molar-refractivity contribution >= 4 is 17.8 Å². The normalized spacial score (nSPS) is 10.7. The fourth-order valence-electron chi connectivity index (χ4n) is 2.86. The molecule has 0 amide bonds. The summed E-state index contributed by atoms with van der Waals surface area (Å²) < 4.78 is 16.1. The molecule has 0 N–H and O–H groups in total. The molecule has 0 saturated heterocycles. The maximum absolute atomic E-state index is 12.4. The van der Waals surface area contributed by atoms with Crippen LogP contribution in [0.4, 0.5) is 0 Å². The molecule has 164 valence electrons. The minimum atomic E-state index is -0.442. The first-order valence-corrected chi connectivity index (χ1v) is 10.5. The van der Waals surface area contributed by atoms with E-state index in [4.69, 9.17) is 14.2 Å². The number of allylic oxidation sites excluding steroid dienone is 1. The first kappa shape index (κ1) is 22.8. The van der Waals surface area contributed by atoms with Gasteiger partial charge in [0.25, 0.3) is 0 Å². The number of benzene rings is 3. The highest BCUT2D eigenvalue weighted by Crippen LogP contribution is 2.18. The Bertz CT molecular complexity index is 1050. The Balaban J connectivity index is 1.55. The van der Waals surface area contributed by atoms with Crippen molar-refractivity contribution in [2.24, 2.45) is 0 Å². The van der Waals surface area contributed by atoms with Gasteiger partial charge < -0.3 is 14.2 Å². The zero-order chi connectivity index (χ0) is 22.8. The molecule has 0 spiro atoms. The highest BCUT2D eigenvalue weighted by Gasteiger charge is 2.09. The Morgan fingerprint density at radius 2 is 1.38 bits per heavy atom. The van der Waals surface area contributed by atoms with Crippen molar-refractivity contribution in [2.75, 3.05) is 13.7 Å². The second kappa shape index (κ2) is 11.5. The predicted octanol–water partition coefficient (Wildman–Crippen LogP) is 5.99. The molecule has 0 aliphatic carbocycles. The maximum Gasteiger partial charge on any atom is 0.343 e. The van der Waals surface area contributed by atoms with Gasteiger partial charge in [-0.1, -0.05) is 31.6 Å². The van der Waals surface area contributed by atoms with E-state index in [-0.39, 0.29) is 5.78 Å². The molecular formula is C27H26O5. The summed E-state index contributed by atoms with van der Waals surface area (Å²) in [5.41, 5.74) is 1.84. The summed E-state index contributed by atoms with van der Waals surface area (Å²) in [6.45, 7) is 2.76. The monoisotopic (exact) mass is 430 g/mol. The lowest BCUT2D eigenvalue weighted by Gasteiger charge is -2.07. The number of carbonyl (C=O) groups is 2. The lowest BCUT2D eigenvalue weighted by Crippen LogP contribution is -2.08. The Labute approximate surface area is 188 Å². The number of ketones is 1. The highest BCUT2D eigenvalue weighted by molar-refractivity contribution is 6.06. The Hall–Kier alpha value is -3.86. The van der Waals surface area contributed by atoms with Crippen LogP contribution in [0.2, 0.25) is 0 Å². The Morgan fingerprint density at radius 1 is 0.781 bits per heavy atom. The van der Waals surface area contributed by atoms with Gasteiger partial charge in [-0.25, -0.2) is 4.79 Å². The molecule has 0 atom stereocenters.